The van der Waals surface area contributed by atoms with Crippen LogP contribution in [0, 0.1) is 15.9 Å². The number of non-ortho nitro benzene ring substituents is 1. The zero-order valence-corrected chi connectivity index (χ0v) is 14.2. The number of hydrogen-bond acceptors (Lipinski definition) is 7. The van der Waals surface area contributed by atoms with Gasteiger partial charge in [0.2, 0.25) is 5.16 Å². The monoisotopic (exact) mass is 375 g/mol. The summed E-state index contributed by atoms with van der Waals surface area (Å²) < 4.78 is 19.7. The largest absolute Gasteiger partial charge is 0.486 e. The van der Waals surface area contributed by atoms with Crippen molar-refractivity contribution in [2.75, 3.05) is 5.84 Å². The van der Waals surface area contributed by atoms with Crippen molar-refractivity contribution in [2.24, 2.45) is 0 Å². The quantitative estimate of drug-likeness (QED) is 0.293. The van der Waals surface area contributed by atoms with Gasteiger partial charge in [-0.05, 0) is 29.8 Å². The Bertz CT molecular complexity index is 899. The van der Waals surface area contributed by atoms with Crippen molar-refractivity contribution >= 4 is 17.4 Å². The Morgan fingerprint density at radius 1 is 1.15 bits per heavy atom. The maximum atomic E-state index is 12.9. The molecule has 3 aromatic rings. The van der Waals surface area contributed by atoms with Gasteiger partial charge in [0.25, 0.3) is 5.69 Å². The SMILES string of the molecule is Nn1c(COc2ccc(F)cc2)nnc1SCc1ccc([N+](=O)[O-])cc1. The Labute approximate surface area is 151 Å². The highest BCUT2D eigenvalue weighted by molar-refractivity contribution is 7.98. The molecule has 0 aliphatic heterocycles. The smallest absolute Gasteiger partial charge is 0.269 e. The van der Waals surface area contributed by atoms with Crippen molar-refractivity contribution in [2.45, 2.75) is 17.5 Å². The second-order valence-electron chi connectivity index (χ2n) is 5.22. The molecule has 2 aromatic carbocycles. The first-order valence-electron chi connectivity index (χ1n) is 7.47. The molecule has 26 heavy (non-hydrogen) atoms. The lowest BCUT2D eigenvalue weighted by atomic mass is 10.2. The van der Waals surface area contributed by atoms with Crippen LogP contribution in [-0.4, -0.2) is 19.8 Å². The molecule has 2 N–H and O–H groups in total. The van der Waals surface area contributed by atoms with E-state index in [1.165, 1.54) is 52.8 Å². The van der Waals surface area contributed by atoms with Gasteiger partial charge in [0.05, 0.1) is 4.92 Å². The fraction of sp³-hybridized carbons (Fsp3) is 0.125. The van der Waals surface area contributed by atoms with Crippen LogP contribution in [0.3, 0.4) is 0 Å². The van der Waals surface area contributed by atoms with Crippen LogP contribution < -0.4 is 10.6 Å². The van der Waals surface area contributed by atoms with Gasteiger partial charge in [-0.15, -0.1) is 10.2 Å². The predicted octanol–water partition coefficient (Wildman–Crippen LogP) is 2.91. The second-order valence-corrected chi connectivity index (χ2v) is 6.17. The molecule has 0 amide bonds. The Balaban J connectivity index is 1.58. The minimum atomic E-state index is -0.444. The highest BCUT2D eigenvalue weighted by Crippen LogP contribution is 2.22. The van der Waals surface area contributed by atoms with Crippen LogP contribution in [0.4, 0.5) is 10.1 Å². The third-order valence-electron chi connectivity index (χ3n) is 3.43. The van der Waals surface area contributed by atoms with Crippen LogP contribution in [0.15, 0.2) is 53.7 Å². The van der Waals surface area contributed by atoms with Gasteiger partial charge in [0.1, 0.15) is 18.2 Å². The first kappa shape index (κ1) is 17.7. The third-order valence-corrected chi connectivity index (χ3v) is 4.45. The number of ether oxygens (including phenoxy) is 1. The van der Waals surface area contributed by atoms with Crippen LogP contribution in [0.5, 0.6) is 5.75 Å². The highest BCUT2D eigenvalue weighted by Gasteiger charge is 2.12. The normalized spacial score (nSPS) is 10.7. The molecule has 0 aliphatic rings. The van der Waals surface area contributed by atoms with E-state index in [4.69, 9.17) is 10.6 Å². The van der Waals surface area contributed by atoms with Gasteiger partial charge in [-0.2, -0.15) is 0 Å². The van der Waals surface area contributed by atoms with Gasteiger partial charge in [0.15, 0.2) is 5.82 Å². The summed E-state index contributed by atoms with van der Waals surface area (Å²) in [5.41, 5.74) is 0.939. The highest BCUT2D eigenvalue weighted by atomic mass is 32.2. The Morgan fingerprint density at radius 2 is 1.85 bits per heavy atom. The fourth-order valence-electron chi connectivity index (χ4n) is 2.04. The molecule has 0 radical (unpaired) electrons. The summed E-state index contributed by atoms with van der Waals surface area (Å²) in [7, 11) is 0. The Hall–Kier alpha value is -3.14. The summed E-state index contributed by atoms with van der Waals surface area (Å²) >= 11 is 1.35. The number of hydrogen-bond donors (Lipinski definition) is 1. The zero-order chi connectivity index (χ0) is 18.5. The molecule has 3 rings (SSSR count). The Morgan fingerprint density at radius 3 is 2.50 bits per heavy atom. The number of thioether (sulfide) groups is 1. The van der Waals surface area contributed by atoms with Crippen LogP contribution in [0.25, 0.3) is 0 Å². The van der Waals surface area contributed by atoms with E-state index in [-0.39, 0.29) is 18.1 Å². The van der Waals surface area contributed by atoms with E-state index < -0.39 is 4.92 Å². The summed E-state index contributed by atoms with van der Waals surface area (Å²) in [5, 5.41) is 19.1. The molecule has 0 unspecified atom stereocenters. The first-order chi connectivity index (χ1) is 12.5. The zero-order valence-electron chi connectivity index (χ0n) is 13.4. The molecule has 134 valence electrons. The summed E-state index contributed by atoms with van der Waals surface area (Å²) in [5.74, 6) is 7.06. The van der Waals surface area contributed by atoms with E-state index in [1.54, 1.807) is 12.1 Å². The van der Waals surface area contributed by atoms with Crippen molar-refractivity contribution in [3.05, 3.63) is 75.9 Å². The van der Waals surface area contributed by atoms with Crippen molar-refractivity contribution < 1.29 is 14.1 Å². The summed E-state index contributed by atoms with van der Waals surface area (Å²) in [6.07, 6.45) is 0. The summed E-state index contributed by atoms with van der Waals surface area (Å²) in [4.78, 5) is 10.2. The number of halogens is 1. The molecule has 0 aliphatic carbocycles. The lowest BCUT2D eigenvalue weighted by Gasteiger charge is -2.06. The number of aromatic nitrogens is 3. The summed E-state index contributed by atoms with van der Waals surface area (Å²) in [6, 6.07) is 11.9. The van der Waals surface area contributed by atoms with Crippen molar-refractivity contribution in [3.8, 4) is 5.75 Å². The minimum absolute atomic E-state index is 0.0426. The lowest BCUT2D eigenvalue weighted by Crippen LogP contribution is -2.15. The number of rotatable bonds is 7. The molecule has 0 bridgehead atoms. The van der Waals surface area contributed by atoms with E-state index in [2.05, 4.69) is 10.2 Å². The fourth-order valence-corrected chi connectivity index (χ4v) is 2.88. The van der Waals surface area contributed by atoms with Gasteiger partial charge in [-0.25, -0.2) is 9.07 Å². The van der Waals surface area contributed by atoms with Gasteiger partial charge < -0.3 is 10.6 Å². The molecule has 0 saturated heterocycles. The van der Waals surface area contributed by atoms with Crippen molar-refractivity contribution in [3.63, 3.8) is 0 Å². The topological polar surface area (TPSA) is 109 Å². The van der Waals surface area contributed by atoms with Gasteiger partial charge in [-0.3, -0.25) is 10.1 Å². The van der Waals surface area contributed by atoms with Crippen molar-refractivity contribution in [1.82, 2.24) is 14.9 Å². The minimum Gasteiger partial charge on any atom is -0.486 e. The molecular formula is C16H14FN5O3S. The molecule has 0 atom stereocenters. The van der Waals surface area contributed by atoms with Crippen LogP contribution in [-0.2, 0) is 12.4 Å². The van der Waals surface area contributed by atoms with Gasteiger partial charge in [0, 0.05) is 17.9 Å². The number of benzene rings is 2. The van der Waals surface area contributed by atoms with E-state index in [9.17, 15) is 14.5 Å². The first-order valence-corrected chi connectivity index (χ1v) is 8.45. The second kappa shape index (κ2) is 7.83. The van der Waals surface area contributed by atoms with E-state index in [0.717, 1.165) is 5.56 Å². The van der Waals surface area contributed by atoms with E-state index >= 15 is 0 Å². The number of nitro benzene ring substituents is 1. The maximum absolute atomic E-state index is 12.9. The summed E-state index contributed by atoms with van der Waals surface area (Å²) in [6.45, 7) is 0.0905. The molecule has 10 heteroatoms. The molecular weight excluding hydrogens is 361 g/mol. The standard InChI is InChI=1S/C16H14FN5O3S/c17-12-3-7-14(8-4-12)25-9-15-19-20-16(21(15)18)26-10-11-1-5-13(6-2-11)22(23)24/h1-8H,9-10,18H2. The molecule has 0 spiro atoms. The average molecular weight is 375 g/mol. The van der Waals surface area contributed by atoms with Gasteiger partial charge in [-0.1, -0.05) is 23.9 Å². The molecule has 1 aromatic heterocycles. The molecule has 1 heterocycles. The number of nitrogens with two attached hydrogens (primary N) is 1. The van der Waals surface area contributed by atoms with Crippen molar-refractivity contribution in [1.29, 1.82) is 0 Å². The molecule has 8 nitrogen and oxygen atoms in total. The maximum Gasteiger partial charge on any atom is 0.269 e. The van der Waals surface area contributed by atoms with Crippen LogP contribution in [0.1, 0.15) is 11.4 Å². The van der Waals surface area contributed by atoms with Crippen LogP contribution >= 0.6 is 11.8 Å². The average Bonchev–Trinajstić information content (AvgIpc) is 3.00. The Kier molecular flexibility index (Phi) is 5.32. The number of nitro groups is 1. The van der Waals surface area contributed by atoms with E-state index in [0.29, 0.717) is 22.5 Å². The third kappa shape index (κ3) is 4.28. The molecule has 0 fully saturated rings. The predicted molar refractivity (Wildman–Crippen MR) is 93.6 cm³/mol. The number of nitrogens with zero attached hydrogens (tertiary/aromatic N) is 4. The van der Waals surface area contributed by atoms with Crippen LogP contribution in [0.2, 0.25) is 0 Å². The van der Waals surface area contributed by atoms with E-state index in [1.807, 2.05) is 0 Å². The number of nitrogen functional groups attached to an aromatic ring is 1. The molecule has 0 saturated carbocycles. The lowest BCUT2D eigenvalue weighted by molar-refractivity contribution is -0.384. The van der Waals surface area contributed by atoms with Gasteiger partial charge >= 0.3 is 0 Å².